The van der Waals surface area contributed by atoms with E-state index >= 15 is 0 Å². The summed E-state index contributed by atoms with van der Waals surface area (Å²) in [7, 11) is 1.62. The Kier molecular flexibility index (Phi) is 5.71. The molecule has 0 spiro atoms. The van der Waals surface area contributed by atoms with E-state index in [0.29, 0.717) is 12.1 Å². The fourth-order valence-corrected chi connectivity index (χ4v) is 2.86. The summed E-state index contributed by atoms with van der Waals surface area (Å²) in [5.41, 5.74) is 1.83. The standard InChI is InChI=1S/C16H17F3N2O2S/c1-11-7-8-24-14(11)9-20-15(22)21(2)10-12-3-5-13(6-4-12)23-16(17,18)19/h3-8H,9-10H2,1-2H3,(H,20,22). The maximum absolute atomic E-state index is 12.1. The van der Waals surface area contributed by atoms with Crippen LogP contribution in [-0.2, 0) is 13.1 Å². The van der Waals surface area contributed by atoms with Crippen molar-refractivity contribution in [2.24, 2.45) is 0 Å². The topological polar surface area (TPSA) is 41.6 Å². The summed E-state index contributed by atoms with van der Waals surface area (Å²) < 4.78 is 40.1. The van der Waals surface area contributed by atoms with E-state index in [1.807, 2.05) is 18.4 Å². The van der Waals surface area contributed by atoms with Crippen molar-refractivity contribution in [2.75, 3.05) is 7.05 Å². The molecule has 0 aliphatic heterocycles. The van der Waals surface area contributed by atoms with Gasteiger partial charge in [-0.05, 0) is 41.6 Å². The van der Waals surface area contributed by atoms with Crippen LogP contribution >= 0.6 is 11.3 Å². The molecule has 2 rings (SSSR count). The van der Waals surface area contributed by atoms with E-state index in [9.17, 15) is 18.0 Å². The maximum Gasteiger partial charge on any atom is 0.573 e. The molecule has 0 saturated carbocycles. The lowest BCUT2D eigenvalue weighted by Crippen LogP contribution is -2.36. The molecule has 0 aliphatic rings. The summed E-state index contributed by atoms with van der Waals surface area (Å²) in [6, 6.07) is 7.18. The van der Waals surface area contributed by atoms with E-state index in [1.54, 1.807) is 18.4 Å². The van der Waals surface area contributed by atoms with Gasteiger partial charge in [0.25, 0.3) is 0 Å². The summed E-state index contributed by atoms with van der Waals surface area (Å²) in [5, 5.41) is 4.78. The third-order valence-corrected chi connectivity index (χ3v) is 4.31. The highest BCUT2D eigenvalue weighted by Gasteiger charge is 2.30. The zero-order valence-electron chi connectivity index (χ0n) is 13.2. The number of urea groups is 1. The van der Waals surface area contributed by atoms with Gasteiger partial charge in [0.15, 0.2) is 0 Å². The van der Waals surface area contributed by atoms with Crippen LogP contribution in [0.25, 0.3) is 0 Å². The van der Waals surface area contributed by atoms with Crippen LogP contribution in [0.2, 0.25) is 0 Å². The molecule has 0 atom stereocenters. The summed E-state index contributed by atoms with van der Waals surface area (Å²) in [5.74, 6) is -0.286. The molecule has 1 aromatic heterocycles. The van der Waals surface area contributed by atoms with Crippen LogP contribution in [0, 0.1) is 6.92 Å². The van der Waals surface area contributed by atoms with Gasteiger partial charge in [0.05, 0.1) is 6.54 Å². The molecule has 0 radical (unpaired) electrons. The summed E-state index contributed by atoms with van der Waals surface area (Å²) in [4.78, 5) is 14.6. The molecule has 0 fully saturated rings. The second-order valence-corrected chi connectivity index (χ2v) is 6.23. The highest BCUT2D eigenvalue weighted by molar-refractivity contribution is 7.10. The van der Waals surface area contributed by atoms with Crippen LogP contribution < -0.4 is 10.1 Å². The van der Waals surface area contributed by atoms with Crippen molar-refractivity contribution in [1.29, 1.82) is 0 Å². The first-order valence-corrected chi connectivity index (χ1v) is 7.99. The minimum atomic E-state index is -4.71. The number of rotatable bonds is 5. The average molecular weight is 358 g/mol. The number of amides is 2. The van der Waals surface area contributed by atoms with E-state index in [1.165, 1.54) is 29.2 Å². The van der Waals surface area contributed by atoms with Gasteiger partial charge < -0.3 is 15.0 Å². The predicted octanol–water partition coefficient (Wildman–Crippen LogP) is 4.30. The Balaban J connectivity index is 1.85. The smallest absolute Gasteiger partial charge is 0.406 e. The molecule has 2 amide bonds. The first-order valence-electron chi connectivity index (χ1n) is 7.11. The molecular formula is C16H17F3N2O2S. The number of alkyl halides is 3. The molecule has 130 valence electrons. The molecule has 0 bridgehead atoms. The van der Waals surface area contributed by atoms with Crippen molar-refractivity contribution < 1.29 is 22.7 Å². The van der Waals surface area contributed by atoms with Gasteiger partial charge in [0.1, 0.15) is 5.75 Å². The lowest BCUT2D eigenvalue weighted by Gasteiger charge is -2.18. The molecule has 4 nitrogen and oxygen atoms in total. The lowest BCUT2D eigenvalue weighted by atomic mass is 10.2. The van der Waals surface area contributed by atoms with Crippen molar-refractivity contribution in [2.45, 2.75) is 26.4 Å². The molecule has 0 aliphatic carbocycles. The van der Waals surface area contributed by atoms with Crippen LogP contribution in [0.4, 0.5) is 18.0 Å². The number of thiophene rings is 1. The Bertz CT molecular complexity index is 683. The van der Waals surface area contributed by atoms with E-state index in [-0.39, 0.29) is 18.3 Å². The van der Waals surface area contributed by atoms with Gasteiger partial charge >= 0.3 is 12.4 Å². The SMILES string of the molecule is Cc1ccsc1CNC(=O)N(C)Cc1ccc(OC(F)(F)F)cc1. The molecule has 24 heavy (non-hydrogen) atoms. The van der Waals surface area contributed by atoms with Gasteiger partial charge in [-0.2, -0.15) is 0 Å². The number of aryl methyl sites for hydroxylation is 1. The minimum absolute atomic E-state index is 0.251. The van der Waals surface area contributed by atoms with Crippen molar-refractivity contribution in [3.63, 3.8) is 0 Å². The Morgan fingerprint density at radius 1 is 1.25 bits per heavy atom. The molecule has 8 heteroatoms. The fourth-order valence-electron chi connectivity index (χ4n) is 2.02. The summed E-state index contributed by atoms with van der Waals surface area (Å²) in [6.45, 7) is 2.71. The Labute approximate surface area is 141 Å². The van der Waals surface area contributed by atoms with E-state index < -0.39 is 6.36 Å². The number of hydrogen-bond donors (Lipinski definition) is 1. The largest absolute Gasteiger partial charge is 0.573 e. The number of halogens is 3. The first kappa shape index (κ1) is 18.1. The molecular weight excluding hydrogens is 341 g/mol. The van der Waals surface area contributed by atoms with Crippen LogP contribution in [0.3, 0.4) is 0 Å². The number of ether oxygens (including phenoxy) is 1. The van der Waals surface area contributed by atoms with Crippen molar-refractivity contribution in [3.8, 4) is 5.75 Å². The molecule has 1 heterocycles. The third kappa shape index (κ3) is 5.45. The summed E-state index contributed by atoms with van der Waals surface area (Å²) >= 11 is 1.57. The van der Waals surface area contributed by atoms with Crippen LogP contribution in [0.5, 0.6) is 5.75 Å². The zero-order valence-corrected chi connectivity index (χ0v) is 14.0. The molecule has 0 saturated heterocycles. The highest BCUT2D eigenvalue weighted by atomic mass is 32.1. The monoisotopic (exact) mass is 358 g/mol. The van der Waals surface area contributed by atoms with E-state index in [0.717, 1.165) is 10.4 Å². The zero-order chi connectivity index (χ0) is 17.7. The molecule has 1 N–H and O–H groups in total. The summed E-state index contributed by atoms with van der Waals surface area (Å²) in [6.07, 6.45) is -4.71. The van der Waals surface area contributed by atoms with Gasteiger partial charge in [-0.25, -0.2) is 4.79 Å². The maximum atomic E-state index is 12.1. The second kappa shape index (κ2) is 7.57. The molecule has 1 aromatic carbocycles. The molecule has 0 unspecified atom stereocenters. The van der Waals surface area contributed by atoms with Gasteiger partial charge in [0.2, 0.25) is 0 Å². The van der Waals surface area contributed by atoms with Gasteiger partial charge in [-0.1, -0.05) is 12.1 Å². The van der Waals surface area contributed by atoms with Gasteiger partial charge in [0, 0.05) is 18.5 Å². The molecule has 2 aromatic rings. The number of nitrogens with zero attached hydrogens (tertiary/aromatic N) is 1. The third-order valence-electron chi connectivity index (χ3n) is 3.29. The fraction of sp³-hybridized carbons (Fsp3) is 0.312. The number of nitrogens with one attached hydrogen (secondary N) is 1. The van der Waals surface area contributed by atoms with Gasteiger partial charge in [-0.3, -0.25) is 0 Å². The van der Waals surface area contributed by atoms with Crippen molar-refractivity contribution in [1.82, 2.24) is 10.2 Å². The number of hydrogen-bond acceptors (Lipinski definition) is 3. The van der Waals surface area contributed by atoms with E-state index in [2.05, 4.69) is 10.1 Å². The van der Waals surface area contributed by atoms with Crippen LogP contribution in [0.15, 0.2) is 35.7 Å². The van der Waals surface area contributed by atoms with Crippen molar-refractivity contribution >= 4 is 17.4 Å². The second-order valence-electron chi connectivity index (χ2n) is 5.23. The number of carbonyl (C=O) groups excluding carboxylic acids is 1. The first-order chi connectivity index (χ1) is 11.2. The minimum Gasteiger partial charge on any atom is -0.406 e. The number of benzene rings is 1. The Morgan fingerprint density at radius 2 is 1.92 bits per heavy atom. The average Bonchev–Trinajstić information content (AvgIpc) is 2.90. The lowest BCUT2D eigenvalue weighted by molar-refractivity contribution is -0.274. The van der Waals surface area contributed by atoms with Crippen LogP contribution in [0.1, 0.15) is 16.0 Å². The van der Waals surface area contributed by atoms with E-state index in [4.69, 9.17) is 0 Å². The number of carbonyl (C=O) groups is 1. The highest BCUT2D eigenvalue weighted by Crippen LogP contribution is 2.23. The van der Waals surface area contributed by atoms with Gasteiger partial charge in [-0.15, -0.1) is 24.5 Å². The predicted molar refractivity (Wildman–Crippen MR) is 85.9 cm³/mol. The normalized spacial score (nSPS) is 11.2. The van der Waals surface area contributed by atoms with Crippen LogP contribution in [-0.4, -0.2) is 24.3 Å². The Hall–Kier alpha value is -2.22. The van der Waals surface area contributed by atoms with Crippen molar-refractivity contribution in [3.05, 3.63) is 51.7 Å². The Morgan fingerprint density at radius 3 is 2.46 bits per heavy atom. The quantitative estimate of drug-likeness (QED) is 0.866.